The Balaban J connectivity index is 2.49. The van der Waals surface area contributed by atoms with Gasteiger partial charge in [0.25, 0.3) is 0 Å². The molecule has 1 N–H and O–H groups in total. The Morgan fingerprint density at radius 2 is 2.00 bits per heavy atom. The van der Waals surface area contributed by atoms with Gasteiger partial charge in [-0.1, -0.05) is 12.1 Å². The Morgan fingerprint density at radius 1 is 1.32 bits per heavy atom. The van der Waals surface area contributed by atoms with Crippen molar-refractivity contribution in [3.63, 3.8) is 0 Å². The lowest BCUT2D eigenvalue weighted by Crippen LogP contribution is -2.02. The molecule has 0 atom stereocenters. The molecular formula is C14H16N2O3. The van der Waals surface area contributed by atoms with E-state index in [1.165, 1.54) is 4.68 Å². The van der Waals surface area contributed by atoms with Gasteiger partial charge in [-0.15, -0.1) is 0 Å². The van der Waals surface area contributed by atoms with E-state index in [0.717, 1.165) is 11.1 Å². The highest BCUT2D eigenvalue weighted by Gasteiger charge is 2.22. The third kappa shape index (κ3) is 2.31. The number of carboxylic acid groups (broad SMARTS) is 1. The molecule has 2 aromatic rings. The number of nitrogens with zero attached hydrogens (tertiary/aromatic N) is 2. The fourth-order valence-electron chi connectivity index (χ4n) is 1.94. The molecule has 1 heterocycles. The first-order valence-electron chi connectivity index (χ1n) is 5.92. The van der Waals surface area contributed by atoms with Gasteiger partial charge in [0, 0.05) is 7.05 Å². The molecule has 0 amide bonds. The van der Waals surface area contributed by atoms with Gasteiger partial charge in [-0.3, -0.25) is 0 Å². The van der Waals surface area contributed by atoms with Gasteiger partial charge in [0.15, 0.2) is 0 Å². The Hall–Kier alpha value is -2.30. The lowest BCUT2D eigenvalue weighted by Gasteiger charge is -2.11. The Kier molecular flexibility index (Phi) is 3.29. The van der Waals surface area contributed by atoms with Crippen molar-refractivity contribution in [1.82, 2.24) is 9.78 Å². The first-order valence-corrected chi connectivity index (χ1v) is 5.92. The summed E-state index contributed by atoms with van der Waals surface area (Å²) in [7, 11) is 1.67. The van der Waals surface area contributed by atoms with Crippen LogP contribution in [0.1, 0.15) is 27.2 Å². The molecule has 0 saturated carbocycles. The van der Waals surface area contributed by atoms with E-state index in [-0.39, 0.29) is 11.4 Å². The maximum absolute atomic E-state index is 11.3. The van der Waals surface area contributed by atoms with E-state index >= 15 is 0 Å². The molecule has 0 aliphatic heterocycles. The Labute approximate surface area is 111 Å². The predicted molar refractivity (Wildman–Crippen MR) is 70.9 cm³/mol. The number of carboxylic acids is 1. The van der Waals surface area contributed by atoms with Crippen LogP contribution in [0.5, 0.6) is 11.6 Å². The van der Waals surface area contributed by atoms with E-state index in [9.17, 15) is 9.90 Å². The number of benzene rings is 1. The number of aryl methyl sites for hydroxylation is 3. The standard InChI is InChI=1S/C14H16N2O3/c1-8-6-5-7-11(9(8)2)19-13-12(14(17)18)10(3)15-16(13)4/h5-7H,1-4H3,(H,17,18). The van der Waals surface area contributed by atoms with Gasteiger partial charge in [-0.05, 0) is 38.0 Å². The topological polar surface area (TPSA) is 64.3 Å². The summed E-state index contributed by atoms with van der Waals surface area (Å²) in [5.41, 5.74) is 2.62. The summed E-state index contributed by atoms with van der Waals surface area (Å²) >= 11 is 0. The predicted octanol–water partition coefficient (Wildman–Crippen LogP) is 2.84. The van der Waals surface area contributed by atoms with Gasteiger partial charge in [-0.2, -0.15) is 5.10 Å². The zero-order chi connectivity index (χ0) is 14.2. The van der Waals surface area contributed by atoms with Crippen LogP contribution < -0.4 is 4.74 Å². The van der Waals surface area contributed by atoms with Crippen molar-refractivity contribution >= 4 is 5.97 Å². The fraction of sp³-hybridized carbons (Fsp3) is 0.286. The van der Waals surface area contributed by atoms with E-state index in [0.29, 0.717) is 11.4 Å². The Bertz CT molecular complexity index is 644. The number of ether oxygens (including phenoxy) is 1. The summed E-state index contributed by atoms with van der Waals surface area (Å²) in [4.78, 5) is 11.3. The van der Waals surface area contributed by atoms with Crippen LogP contribution in [0, 0.1) is 20.8 Å². The highest BCUT2D eigenvalue weighted by molar-refractivity contribution is 5.91. The number of hydrogen-bond donors (Lipinski definition) is 1. The maximum Gasteiger partial charge on any atom is 0.343 e. The molecule has 0 aliphatic rings. The van der Waals surface area contributed by atoms with Gasteiger partial charge in [0.1, 0.15) is 11.3 Å². The molecule has 5 nitrogen and oxygen atoms in total. The molecule has 2 rings (SSSR count). The van der Waals surface area contributed by atoms with E-state index in [4.69, 9.17) is 4.74 Å². The molecule has 0 bridgehead atoms. The molecule has 19 heavy (non-hydrogen) atoms. The van der Waals surface area contributed by atoms with Crippen LogP contribution in [0.4, 0.5) is 0 Å². The number of carbonyl (C=O) groups is 1. The Morgan fingerprint density at radius 3 is 2.63 bits per heavy atom. The zero-order valence-electron chi connectivity index (χ0n) is 11.4. The third-order valence-electron chi connectivity index (χ3n) is 3.15. The lowest BCUT2D eigenvalue weighted by atomic mass is 10.1. The molecule has 0 radical (unpaired) electrons. The van der Waals surface area contributed by atoms with Gasteiger partial charge in [0.05, 0.1) is 5.69 Å². The van der Waals surface area contributed by atoms with Crippen molar-refractivity contribution in [2.24, 2.45) is 7.05 Å². The minimum absolute atomic E-state index is 0.100. The van der Waals surface area contributed by atoms with Crippen LogP contribution in [-0.4, -0.2) is 20.9 Å². The first-order chi connectivity index (χ1) is 8.91. The summed E-state index contributed by atoms with van der Waals surface area (Å²) in [6.07, 6.45) is 0. The molecule has 0 saturated heterocycles. The smallest absolute Gasteiger partial charge is 0.343 e. The molecule has 100 valence electrons. The molecule has 0 spiro atoms. The van der Waals surface area contributed by atoms with Crippen LogP contribution in [0.15, 0.2) is 18.2 Å². The van der Waals surface area contributed by atoms with Crippen molar-refractivity contribution in [1.29, 1.82) is 0 Å². The normalized spacial score (nSPS) is 10.5. The average molecular weight is 260 g/mol. The van der Waals surface area contributed by atoms with Gasteiger partial charge in [0.2, 0.25) is 5.88 Å². The van der Waals surface area contributed by atoms with Gasteiger partial charge in [-0.25, -0.2) is 9.48 Å². The number of rotatable bonds is 3. The summed E-state index contributed by atoms with van der Waals surface area (Å²) in [6, 6.07) is 5.67. The fourth-order valence-corrected chi connectivity index (χ4v) is 1.94. The third-order valence-corrected chi connectivity index (χ3v) is 3.15. The van der Waals surface area contributed by atoms with E-state index in [2.05, 4.69) is 5.10 Å². The quantitative estimate of drug-likeness (QED) is 0.921. The lowest BCUT2D eigenvalue weighted by molar-refractivity contribution is 0.0693. The molecular weight excluding hydrogens is 244 g/mol. The highest BCUT2D eigenvalue weighted by Crippen LogP contribution is 2.30. The van der Waals surface area contributed by atoms with Crippen molar-refractivity contribution in [3.8, 4) is 11.6 Å². The monoisotopic (exact) mass is 260 g/mol. The number of aromatic nitrogens is 2. The van der Waals surface area contributed by atoms with Crippen LogP contribution in [-0.2, 0) is 7.05 Å². The highest BCUT2D eigenvalue weighted by atomic mass is 16.5. The summed E-state index contributed by atoms with van der Waals surface area (Å²) in [5.74, 6) is -0.143. The average Bonchev–Trinajstić information content (AvgIpc) is 2.60. The van der Waals surface area contributed by atoms with E-state index < -0.39 is 5.97 Å². The van der Waals surface area contributed by atoms with Crippen LogP contribution in [0.2, 0.25) is 0 Å². The second-order valence-electron chi connectivity index (χ2n) is 4.49. The summed E-state index contributed by atoms with van der Waals surface area (Å²) in [6.45, 7) is 5.57. The largest absolute Gasteiger partial charge is 0.477 e. The molecule has 5 heteroatoms. The van der Waals surface area contributed by atoms with Gasteiger partial charge < -0.3 is 9.84 Å². The van der Waals surface area contributed by atoms with Crippen LogP contribution in [0.25, 0.3) is 0 Å². The number of aromatic carboxylic acids is 1. The van der Waals surface area contributed by atoms with E-state index in [1.54, 1.807) is 14.0 Å². The number of hydrogen-bond acceptors (Lipinski definition) is 3. The molecule has 0 unspecified atom stereocenters. The summed E-state index contributed by atoms with van der Waals surface area (Å²) < 4.78 is 7.20. The minimum Gasteiger partial charge on any atom is -0.477 e. The van der Waals surface area contributed by atoms with Crippen LogP contribution in [0.3, 0.4) is 0 Å². The molecule has 0 fully saturated rings. The maximum atomic E-state index is 11.3. The van der Waals surface area contributed by atoms with Gasteiger partial charge >= 0.3 is 5.97 Å². The SMILES string of the molecule is Cc1cccc(Oc2c(C(=O)O)c(C)nn2C)c1C. The van der Waals surface area contributed by atoms with E-state index in [1.807, 2.05) is 32.0 Å². The first kappa shape index (κ1) is 13.1. The van der Waals surface area contributed by atoms with Crippen molar-refractivity contribution in [3.05, 3.63) is 40.6 Å². The summed E-state index contributed by atoms with van der Waals surface area (Å²) in [5, 5.41) is 13.3. The molecule has 1 aromatic heterocycles. The second kappa shape index (κ2) is 4.76. The zero-order valence-corrected chi connectivity index (χ0v) is 11.4. The van der Waals surface area contributed by atoms with Crippen molar-refractivity contribution < 1.29 is 14.6 Å². The van der Waals surface area contributed by atoms with Crippen molar-refractivity contribution in [2.75, 3.05) is 0 Å². The second-order valence-corrected chi connectivity index (χ2v) is 4.49. The molecule has 0 aliphatic carbocycles. The molecule has 1 aromatic carbocycles. The minimum atomic E-state index is -1.04. The van der Waals surface area contributed by atoms with Crippen LogP contribution >= 0.6 is 0 Å². The van der Waals surface area contributed by atoms with Crippen molar-refractivity contribution in [2.45, 2.75) is 20.8 Å².